The van der Waals surface area contributed by atoms with Crippen molar-refractivity contribution in [2.24, 2.45) is 41.4 Å². The summed E-state index contributed by atoms with van der Waals surface area (Å²) in [5, 5.41) is 41.1. The molecule has 6 unspecified atom stereocenters. The van der Waals surface area contributed by atoms with E-state index in [4.69, 9.17) is 9.47 Å². The Balaban J connectivity index is 1.78. The van der Waals surface area contributed by atoms with Gasteiger partial charge >= 0.3 is 5.97 Å². The molecular weight excluding hydrogens is 608 g/mol. The van der Waals surface area contributed by atoms with E-state index in [0.717, 1.165) is 51.4 Å². The van der Waals surface area contributed by atoms with E-state index < -0.39 is 29.4 Å². The van der Waals surface area contributed by atoms with Gasteiger partial charge in [0.25, 0.3) is 0 Å². The Bertz CT molecular complexity index is 1070. The van der Waals surface area contributed by atoms with Gasteiger partial charge < -0.3 is 29.9 Å². The Kier molecular flexibility index (Phi) is 16.8. The summed E-state index contributed by atoms with van der Waals surface area (Å²) < 4.78 is 12.8. The molecule has 2 aliphatic rings. The van der Waals surface area contributed by atoms with Gasteiger partial charge in [-0.3, -0.25) is 9.59 Å². The number of ether oxygens (including phenoxy) is 2. The molecule has 2 heterocycles. The first-order valence-electron chi connectivity index (χ1n) is 18.9. The summed E-state index contributed by atoms with van der Waals surface area (Å²) in [4.78, 5) is 24.3. The van der Waals surface area contributed by atoms with Gasteiger partial charge in [-0.2, -0.15) is 0 Å². The quantitative estimate of drug-likeness (QED) is 0.0540. The van der Waals surface area contributed by atoms with Gasteiger partial charge in [0, 0.05) is 30.3 Å². The minimum atomic E-state index is -0.767. The topological polar surface area (TPSA) is 134 Å². The molecule has 2 saturated heterocycles. The third kappa shape index (κ3) is 12.9. The van der Waals surface area contributed by atoms with Crippen molar-refractivity contribution in [1.82, 2.24) is 0 Å². The highest BCUT2D eigenvalue weighted by Gasteiger charge is 2.51. The van der Waals surface area contributed by atoms with Crippen LogP contribution in [0.5, 0.6) is 0 Å². The number of allylic oxidation sites excluding steroid dienone is 3. The largest absolute Gasteiger partial charge is 0.512 e. The average Bonchev–Trinajstić information content (AvgIpc) is 3.59. The van der Waals surface area contributed by atoms with E-state index in [0.29, 0.717) is 31.1 Å². The summed E-state index contributed by atoms with van der Waals surface area (Å²) in [6, 6.07) is 0. The summed E-state index contributed by atoms with van der Waals surface area (Å²) in [7, 11) is 0. The average molecular weight is 679 g/mol. The molecule has 2 aliphatic heterocycles. The van der Waals surface area contributed by atoms with Crippen molar-refractivity contribution >= 4 is 11.8 Å². The van der Waals surface area contributed by atoms with Gasteiger partial charge in [0.1, 0.15) is 0 Å². The number of aliphatic hydroxyl groups is 3. The number of aliphatic carboxylic acids is 1. The molecule has 2 fully saturated rings. The van der Waals surface area contributed by atoms with Crippen molar-refractivity contribution in [2.75, 3.05) is 0 Å². The molecule has 0 aromatic carbocycles. The van der Waals surface area contributed by atoms with Crippen LogP contribution in [0, 0.1) is 41.4 Å². The number of rotatable bonds is 21. The van der Waals surface area contributed by atoms with Gasteiger partial charge in [0.15, 0.2) is 5.78 Å². The van der Waals surface area contributed by atoms with Crippen LogP contribution in [0.2, 0.25) is 0 Å². The predicted octanol–water partition coefficient (Wildman–Crippen LogP) is 8.44. The Morgan fingerprint density at radius 1 is 0.833 bits per heavy atom. The van der Waals surface area contributed by atoms with E-state index >= 15 is 0 Å². The van der Waals surface area contributed by atoms with E-state index in [-0.39, 0.29) is 53.3 Å². The molecule has 2 rings (SSSR count). The Hall–Kier alpha value is -1.74. The van der Waals surface area contributed by atoms with Crippen LogP contribution in [0.4, 0.5) is 0 Å². The molecule has 0 spiro atoms. The lowest BCUT2D eigenvalue weighted by Crippen LogP contribution is -2.44. The maximum absolute atomic E-state index is 13.1. The van der Waals surface area contributed by atoms with Gasteiger partial charge in [0.05, 0.1) is 47.3 Å². The molecule has 0 saturated carbocycles. The fraction of sp³-hybridized carbons (Fsp3) is 0.850. The molecule has 4 N–H and O–H groups in total. The third-order valence-electron chi connectivity index (χ3n) is 11.5. The number of carboxylic acid groups (broad SMARTS) is 1. The number of hydrogen-bond donors (Lipinski definition) is 4. The van der Waals surface area contributed by atoms with E-state index in [1.54, 1.807) is 13.8 Å². The highest BCUT2D eigenvalue weighted by Crippen LogP contribution is 2.45. The van der Waals surface area contributed by atoms with E-state index in [1.165, 1.54) is 6.08 Å². The zero-order valence-electron chi connectivity index (χ0n) is 31.8. The molecule has 278 valence electrons. The molecule has 0 radical (unpaired) electrons. The maximum Gasteiger partial charge on any atom is 0.306 e. The van der Waals surface area contributed by atoms with Crippen molar-refractivity contribution in [3.05, 3.63) is 24.0 Å². The highest BCUT2D eigenvalue weighted by atomic mass is 16.6. The number of aliphatic hydroxyl groups excluding tert-OH is 3. The molecule has 0 amide bonds. The zero-order chi connectivity index (χ0) is 36.4. The van der Waals surface area contributed by atoms with Gasteiger partial charge in [-0.25, -0.2) is 0 Å². The molecule has 48 heavy (non-hydrogen) atoms. The maximum atomic E-state index is 13.1. The fourth-order valence-corrected chi connectivity index (χ4v) is 7.86. The summed E-state index contributed by atoms with van der Waals surface area (Å²) in [5.41, 5.74) is -0.928. The van der Waals surface area contributed by atoms with Gasteiger partial charge in [-0.1, -0.05) is 60.6 Å². The second kappa shape index (κ2) is 19.0. The van der Waals surface area contributed by atoms with Crippen molar-refractivity contribution < 1.29 is 39.5 Å². The zero-order valence-corrected chi connectivity index (χ0v) is 31.8. The Morgan fingerprint density at radius 3 is 2.04 bits per heavy atom. The Labute approximate surface area is 291 Å². The minimum absolute atomic E-state index is 0.0193. The van der Waals surface area contributed by atoms with Gasteiger partial charge in [-0.15, -0.1) is 0 Å². The van der Waals surface area contributed by atoms with E-state index in [1.807, 2.05) is 27.7 Å². The molecule has 0 aromatic rings. The van der Waals surface area contributed by atoms with Crippen LogP contribution in [0.25, 0.3) is 0 Å². The van der Waals surface area contributed by atoms with Crippen molar-refractivity contribution in [3.63, 3.8) is 0 Å². The minimum Gasteiger partial charge on any atom is -0.512 e. The Morgan fingerprint density at radius 2 is 1.46 bits per heavy atom. The fourth-order valence-electron chi connectivity index (χ4n) is 7.86. The van der Waals surface area contributed by atoms with Crippen LogP contribution in [-0.4, -0.2) is 67.8 Å². The predicted molar refractivity (Wildman–Crippen MR) is 192 cm³/mol. The number of ketones is 1. The van der Waals surface area contributed by atoms with E-state index in [9.17, 15) is 30.0 Å². The molecule has 0 aromatic heterocycles. The smallest absolute Gasteiger partial charge is 0.306 e. The first-order chi connectivity index (χ1) is 22.3. The lowest BCUT2D eigenvalue weighted by Gasteiger charge is -2.35. The number of hydrogen-bond acceptors (Lipinski definition) is 7. The second-order valence-corrected chi connectivity index (χ2v) is 16.5. The summed E-state index contributed by atoms with van der Waals surface area (Å²) in [6.07, 6.45) is 13.0. The van der Waals surface area contributed by atoms with Crippen LogP contribution in [0.1, 0.15) is 140 Å². The number of carbonyl (C=O) groups excluding carboxylic acids is 1. The molecule has 13 atom stereocenters. The summed E-state index contributed by atoms with van der Waals surface area (Å²) >= 11 is 0. The first-order valence-corrected chi connectivity index (χ1v) is 18.9. The van der Waals surface area contributed by atoms with Crippen LogP contribution in [0.15, 0.2) is 24.0 Å². The lowest BCUT2D eigenvalue weighted by atomic mass is 9.83. The molecule has 0 bridgehead atoms. The lowest BCUT2D eigenvalue weighted by molar-refractivity contribution is -0.171. The van der Waals surface area contributed by atoms with E-state index in [2.05, 4.69) is 39.8 Å². The monoisotopic (exact) mass is 679 g/mol. The molecule has 8 heteroatoms. The standard InChI is InChI=1S/C40H70O8/c1-11-32(22-27(4)19-26(3)21-30(7)38(45)46)36(44)24-35(43)29(6)20-25(2)13-12-14-28(5)34(42)23-33-15-17-40(10,47-33)37-16-18-39(9,48-37)31(8)41/h12,14,24-34,37,41-43H,11,13,15-23H2,1-10H3,(H,45,46)/b14-12+,35-24-/t25-,26+,27+,28+,29-,30+,31+,32?,33?,34?,37?,39?,40?/m0/s1. The molecule has 8 nitrogen and oxygen atoms in total. The summed E-state index contributed by atoms with van der Waals surface area (Å²) in [6.45, 7) is 19.9. The number of carbonyl (C=O) groups is 2. The first kappa shape index (κ1) is 42.4. The van der Waals surface area contributed by atoms with Crippen LogP contribution >= 0.6 is 0 Å². The second-order valence-electron chi connectivity index (χ2n) is 16.5. The van der Waals surface area contributed by atoms with Gasteiger partial charge in [0.2, 0.25) is 0 Å². The van der Waals surface area contributed by atoms with Crippen LogP contribution in [0.3, 0.4) is 0 Å². The van der Waals surface area contributed by atoms with Crippen molar-refractivity contribution in [2.45, 2.75) is 175 Å². The van der Waals surface area contributed by atoms with Crippen molar-refractivity contribution in [3.8, 4) is 0 Å². The van der Waals surface area contributed by atoms with Gasteiger partial charge in [-0.05, 0) is 103 Å². The van der Waals surface area contributed by atoms with Crippen LogP contribution < -0.4 is 0 Å². The van der Waals surface area contributed by atoms with Crippen LogP contribution in [-0.2, 0) is 19.1 Å². The number of carboxylic acids is 1. The van der Waals surface area contributed by atoms with Crippen molar-refractivity contribution in [1.29, 1.82) is 0 Å². The highest BCUT2D eigenvalue weighted by molar-refractivity contribution is 5.92. The summed E-state index contributed by atoms with van der Waals surface area (Å²) in [5.74, 6) is -0.484. The molecule has 0 aliphatic carbocycles. The molecular formula is C40H70O8. The SMILES string of the molecule is CCC(C[C@H](C)C[C@@H](C)C[C@@H](C)C(=O)O)C(=O)/C=C(\O)[C@@H](C)C[C@@H](C)C/C=C/[C@@H](C)C(O)CC1CCC(C)(C2CCC(C)([C@@H](C)O)O2)O1. The third-order valence-corrected chi connectivity index (χ3v) is 11.5. The normalized spacial score (nSPS) is 30.8.